The number of ketones is 1. The van der Waals surface area contributed by atoms with Gasteiger partial charge < -0.3 is 4.42 Å². The minimum Gasteiger partial charge on any atom is -0.452 e. The zero-order valence-corrected chi connectivity index (χ0v) is 11.9. The molecule has 0 atom stereocenters. The van der Waals surface area contributed by atoms with Crippen LogP contribution in [0.25, 0.3) is 11.0 Å². The number of carbonyl (C=O) groups excluding carboxylic acids is 1. The third-order valence-corrected chi connectivity index (χ3v) is 3.62. The van der Waals surface area contributed by atoms with Crippen molar-refractivity contribution in [2.45, 2.75) is 6.92 Å². The van der Waals surface area contributed by atoms with Crippen molar-refractivity contribution in [1.82, 2.24) is 0 Å². The molecule has 0 aliphatic rings. The number of nitriles is 1. The molecule has 3 nitrogen and oxygen atoms in total. The van der Waals surface area contributed by atoms with E-state index in [-0.39, 0.29) is 5.78 Å². The maximum Gasteiger partial charge on any atom is 0.228 e. The first kappa shape index (κ1) is 13.4. The van der Waals surface area contributed by atoms with E-state index in [4.69, 9.17) is 21.3 Å². The lowest BCUT2D eigenvalue weighted by Crippen LogP contribution is -2.01. The molecule has 0 aliphatic heterocycles. The summed E-state index contributed by atoms with van der Waals surface area (Å²) in [4.78, 5) is 12.5. The molecule has 0 unspecified atom stereocenters. The molecule has 2 aromatic carbocycles. The second-order valence-corrected chi connectivity index (χ2v) is 5.15. The summed E-state index contributed by atoms with van der Waals surface area (Å²) >= 11 is 5.97. The number of rotatable bonds is 2. The summed E-state index contributed by atoms with van der Waals surface area (Å²) in [6, 6.07) is 13.8. The highest BCUT2D eigenvalue weighted by atomic mass is 35.5. The van der Waals surface area contributed by atoms with Crippen LogP contribution in [0.4, 0.5) is 0 Å². The molecule has 3 aromatic rings. The summed E-state index contributed by atoms with van der Waals surface area (Å²) < 4.78 is 5.65. The van der Waals surface area contributed by atoms with Crippen LogP contribution in [-0.2, 0) is 0 Å². The first-order valence-electron chi connectivity index (χ1n) is 6.33. The van der Waals surface area contributed by atoms with E-state index in [2.05, 4.69) is 0 Å². The number of benzene rings is 2. The molecule has 0 saturated carbocycles. The molecule has 4 heteroatoms. The van der Waals surface area contributed by atoms with Gasteiger partial charge in [-0.1, -0.05) is 11.6 Å². The van der Waals surface area contributed by atoms with Crippen LogP contribution in [0, 0.1) is 18.3 Å². The molecule has 0 aliphatic carbocycles. The maximum absolute atomic E-state index is 12.5. The molecular formula is C17H10ClNO2. The quantitative estimate of drug-likeness (QED) is 0.654. The van der Waals surface area contributed by atoms with Gasteiger partial charge in [0.25, 0.3) is 0 Å². The number of fused-ring (bicyclic) bond motifs is 1. The van der Waals surface area contributed by atoms with Crippen molar-refractivity contribution in [3.05, 3.63) is 69.9 Å². The molecular weight excluding hydrogens is 286 g/mol. The van der Waals surface area contributed by atoms with Gasteiger partial charge in [-0.2, -0.15) is 5.26 Å². The van der Waals surface area contributed by atoms with E-state index in [0.29, 0.717) is 27.5 Å². The average Bonchev–Trinajstić information content (AvgIpc) is 2.83. The first-order valence-corrected chi connectivity index (χ1v) is 6.71. The molecule has 3 rings (SSSR count). The van der Waals surface area contributed by atoms with E-state index in [1.54, 1.807) is 42.5 Å². The summed E-state index contributed by atoms with van der Waals surface area (Å²) in [7, 11) is 0. The molecule has 0 N–H and O–H groups in total. The van der Waals surface area contributed by atoms with Gasteiger partial charge >= 0.3 is 0 Å². The van der Waals surface area contributed by atoms with Crippen molar-refractivity contribution < 1.29 is 9.21 Å². The molecule has 102 valence electrons. The second-order valence-electron chi connectivity index (χ2n) is 4.71. The zero-order valence-electron chi connectivity index (χ0n) is 11.2. The fourth-order valence-corrected chi connectivity index (χ4v) is 2.41. The molecule has 1 aromatic heterocycles. The summed E-state index contributed by atoms with van der Waals surface area (Å²) in [5, 5.41) is 10.2. The number of nitrogens with zero attached hydrogens (tertiary/aromatic N) is 1. The molecule has 0 bridgehead atoms. The normalized spacial score (nSPS) is 10.5. The Hall–Kier alpha value is -2.57. The van der Waals surface area contributed by atoms with Crippen LogP contribution < -0.4 is 0 Å². The van der Waals surface area contributed by atoms with Crippen molar-refractivity contribution in [2.24, 2.45) is 0 Å². The Bertz CT molecular complexity index is 886. The fourth-order valence-electron chi connectivity index (χ4n) is 2.24. The Morgan fingerprint density at radius 3 is 2.57 bits per heavy atom. The maximum atomic E-state index is 12.5. The minimum atomic E-state index is -0.204. The lowest BCUT2D eigenvalue weighted by molar-refractivity contribution is 0.101. The van der Waals surface area contributed by atoms with Gasteiger partial charge in [-0.25, -0.2) is 0 Å². The lowest BCUT2D eigenvalue weighted by atomic mass is 10.0. The number of carbonyl (C=O) groups is 1. The van der Waals surface area contributed by atoms with Crippen molar-refractivity contribution >= 4 is 28.4 Å². The van der Waals surface area contributed by atoms with Gasteiger partial charge in [0.15, 0.2) is 5.76 Å². The van der Waals surface area contributed by atoms with Crippen LogP contribution in [-0.4, -0.2) is 5.78 Å². The number of furan rings is 1. The molecule has 21 heavy (non-hydrogen) atoms. The van der Waals surface area contributed by atoms with E-state index in [0.717, 1.165) is 10.9 Å². The topological polar surface area (TPSA) is 54.0 Å². The first-order chi connectivity index (χ1) is 10.1. The van der Waals surface area contributed by atoms with Gasteiger partial charge in [0.2, 0.25) is 5.78 Å². The van der Waals surface area contributed by atoms with Crippen molar-refractivity contribution in [2.75, 3.05) is 0 Å². The van der Waals surface area contributed by atoms with E-state index in [9.17, 15) is 4.79 Å². The lowest BCUT2D eigenvalue weighted by Gasteiger charge is -1.99. The molecule has 0 amide bonds. The SMILES string of the molecule is Cc1c(C(=O)c2ccc(C#N)cc2)oc2ccc(Cl)cc12. The minimum absolute atomic E-state index is 0.204. The summed E-state index contributed by atoms with van der Waals surface area (Å²) in [5.41, 5.74) is 2.40. The van der Waals surface area contributed by atoms with Crippen molar-refractivity contribution in [1.29, 1.82) is 5.26 Å². The number of halogens is 1. The van der Waals surface area contributed by atoms with Crippen LogP contribution in [0.3, 0.4) is 0 Å². The van der Waals surface area contributed by atoms with Crippen LogP contribution >= 0.6 is 11.6 Å². The molecule has 0 radical (unpaired) electrons. The summed E-state index contributed by atoms with van der Waals surface area (Å²) in [6.07, 6.45) is 0. The van der Waals surface area contributed by atoms with Crippen molar-refractivity contribution in [3.63, 3.8) is 0 Å². The monoisotopic (exact) mass is 295 g/mol. The van der Waals surface area contributed by atoms with E-state index in [1.165, 1.54) is 0 Å². The third-order valence-electron chi connectivity index (χ3n) is 3.38. The van der Waals surface area contributed by atoms with E-state index < -0.39 is 0 Å². The van der Waals surface area contributed by atoms with Gasteiger partial charge in [-0.3, -0.25) is 4.79 Å². The summed E-state index contributed by atoms with van der Waals surface area (Å²) in [5.74, 6) is 0.0984. The standard InChI is InChI=1S/C17H10ClNO2/c1-10-14-8-13(18)6-7-15(14)21-17(10)16(20)12-4-2-11(9-19)3-5-12/h2-8H,1H3. The van der Waals surface area contributed by atoms with Gasteiger partial charge in [0.05, 0.1) is 11.6 Å². The number of hydrogen-bond acceptors (Lipinski definition) is 3. The fraction of sp³-hybridized carbons (Fsp3) is 0.0588. The summed E-state index contributed by atoms with van der Waals surface area (Å²) in [6.45, 7) is 1.83. The van der Waals surface area contributed by atoms with E-state index in [1.807, 2.05) is 13.0 Å². The predicted molar refractivity (Wildman–Crippen MR) is 80.6 cm³/mol. The van der Waals surface area contributed by atoms with Crippen LogP contribution in [0.2, 0.25) is 5.02 Å². The van der Waals surface area contributed by atoms with Gasteiger partial charge in [0, 0.05) is 21.5 Å². The molecule has 1 heterocycles. The Kier molecular flexibility index (Phi) is 3.25. The largest absolute Gasteiger partial charge is 0.452 e. The number of hydrogen-bond donors (Lipinski definition) is 0. The predicted octanol–water partition coefficient (Wildman–Crippen LogP) is 4.50. The van der Waals surface area contributed by atoms with Crippen LogP contribution in [0.1, 0.15) is 27.2 Å². The molecule has 0 fully saturated rings. The smallest absolute Gasteiger partial charge is 0.228 e. The highest BCUT2D eigenvalue weighted by molar-refractivity contribution is 6.31. The van der Waals surface area contributed by atoms with E-state index >= 15 is 0 Å². The second kappa shape index (κ2) is 5.08. The van der Waals surface area contributed by atoms with Crippen LogP contribution in [0.5, 0.6) is 0 Å². The Morgan fingerprint density at radius 1 is 1.19 bits per heavy atom. The van der Waals surface area contributed by atoms with Gasteiger partial charge in [0.1, 0.15) is 5.58 Å². The number of aryl methyl sites for hydroxylation is 1. The van der Waals surface area contributed by atoms with Crippen molar-refractivity contribution in [3.8, 4) is 6.07 Å². The van der Waals surface area contributed by atoms with Gasteiger partial charge in [-0.05, 0) is 49.4 Å². The zero-order chi connectivity index (χ0) is 15.0. The Balaban J connectivity index is 2.09. The molecule has 0 spiro atoms. The third kappa shape index (κ3) is 2.31. The Morgan fingerprint density at radius 2 is 1.90 bits per heavy atom. The van der Waals surface area contributed by atoms with Gasteiger partial charge in [-0.15, -0.1) is 0 Å². The average molecular weight is 296 g/mol. The Labute approximate surface area is 126 Å². The highest BCUT2D eigenvalue weighted by Crippen LogP contribution is 2.29. The molecule has 0 saturated heterocycles. The van der Waals surface area contributed by atoms with Crippen LogP contribution in [0.15, 0.2) is 46.9 Å². The highest BCUT2D eigenvalue weighted by Gasteiger charge is 2.19.